The van der Waals surface area contributed by atoms with E-state index in [-0.39, 0.29) is 11.5 Å². The molecule has 1 heterocycles. The number of fused-ring (bicyclic) bond motifs is 5. The lowest BCUT2D eigenvalue weighted by molar-refractivity contribution is 0.458. The molecule has 29 heavy (non-hydrogen) atoms. The molecule has 0 aromatic heterocycles. The highest BCUT2D eigenvalue weighted by molar-refractivity contribution is 5.77. The van der Waals surface area contributed by atoms with Gasteiger partial charge >= 0.3 is 0 Å². The zero-order chi connectivity index (χ0) is 20.3. The Morgan fingerprint density at radius 2 is 0.828 bits per heavy atom. The Balaban J connectivity index is 1.75. The van der Waals surface area contributed by atoms with Crippen LogP contribution in [0, 0.1) is 0 Å². The molecule has 7 heteroatoms. The van der Waals surface area contributed by atoms with Crippen molar-refractivity contribution >= 4 is 0 Å². The first-order valence-corrected chi connectivity index (χ1v) is 10.4. The van der Waals surface area contributed by atoms with Crippen molar-refractivity contribution in [3.05, 3.63) is 47.5 Å². The van der Waals surface area contributed by atoms with Crippen LogP contribution in [-0.4, -0.2) is 62.6 Å². The Labute approximate surface area is 172 Å². The van der Waals surface area contributed by atoms with Crippen molar-refractivity contribution in [2.75, 3.05) is 52.4 Å². The van der Waals surface area contributed by atoms with Crippen molar-refractivity contribution in [2.45, 2.75) is 13.1 Å². The third-order valence-electron chi connectivity index (χ3n) is 5.07. The molecule has 0 atom stereocenters. The molecule has 0 saturated carbocycles. The van der Waals surface area contributed by atoms with Gasteiger partial charge in [-0.05, 0) is 0 Å². The lowest BCUT2D eigenvalue weighted by atomic mass is 9.98. The number of benzene rings is 2. The second-order valence-electron chi connectivity index (χ2n) is 7.23. The van der Waals surface area contributed by atoms with E-state index in [1.807, 2.05) is 36.4 Å². The van der Waals surface area contributed by atoms with E-state index in [9.17, 15) is 10.2 Å². The van der Waals surface area contributed by atoms with Crippen LogP contribution in [-0.2, 0) is 13.1 Å². The van der Waals surface area contributed by atoms with Crippen LogP contribution in [0.25, 0.3) is 11.1 Å². The molecule has 7 nitrogen and oxygen atoms in total. The van der Waals surface area contributed by atoms with Crippen LogP contribution in [0.4, 0.5) is 0 Å². The maximum atomic E-state index is 10.8. The van der Waals surface area contributed by atoms with Crippen LogP contribution in [0.2, 0.25) is 0 Å². The molecule has 158 valence electrons. The number of phenols is 2. The molecule has 0 saturated heterocycles. The molecule has 2 aromatic carbocycles. The highest BCUT2D eigenvalue weighted by Gasteiger charge is 2.14. The molecule has 0 fully saturated rings. The van der Waals surface area contributed by atoms with Crippen LogP contribution >= 0.6 is 0 Å². The number of rotatable bonds is 0. The molecular formula is C22H33N5O2. The van der Waals surface area contributed by atoms with Gasteiger partial charge in [0.1, 0.15) is 11.5 Å². The molecule has 3 rings (SSSR count). The van der Waals surface area contributed by atoms with E-state index < -0.39 is 0 Å². The molecule has 0 radical (unpaired) electrons. The lowest BCUT2D eigenvalue weighted by Crippen LogP contribution is -2.36. The largest absolute Gasteiger partial charge is 0.507 e. The van der Waals surface area contributed by atoms with Crippen LogP contribution < -0.4 is 26.6 Å². The van der Waals surface area contributed by atoms with Gasteiger partial charge in [0.15, 0.2) is 0 Å². The fraction of sp³-hybridized carbons (Fsp3) is 0.455. The van der Waals surface area contributed by atoms with E-state index in [0.29, 0.717) is 24.2 Å². The van der Waals surface area contributed by atoms with Gasteiger partial charge in [-0.15, -0.1) is 0 Å². The van der Waals surface area contributed by atoms with Gasteiger partial charge in [0.05, 0.1) is 0 Å². The molecule has 1 aliphatic heterocycles. The molecule has 0 spiro atoms. The summed E-state index contributed by atoms with van der Waals surface area (Å²) in [6.07, 6.45) is 0. The fourth-order valence-electron chi connectivity index (χ4n) is 3.43. The number of hydrogen-bond donors (Lipinski definition) is 7. The van der Waals surface area contributed by atoms with E-state index in [0.717, 1.165) is 63.5 Å². The summed E-state index contributed by atoms with van der Waals surface area (Å²) >= 11 is 0. The first-order chi connectivity index (χ1) is 14.3. The fourth-order valence-corrected chi connectivity index (χ4v) is 3.43. The predicted octanol–water partition coefficient (Wildman–Crippen LogP) is 0.726. The number of para-hydroxylation sites is 2. The number of phenolic OH excluding ortho intramolecular Hbond substituents is 2. The smallest absolute Gasteiger partial charge is 0.128 e. The standard InChI is InChI=1S/C22H33N5O2/c28-21-17-3-1-5-19(21)20-6-2-4-18(22(20)29)16-27-14-12-25-10-8-23-7-9-24-11-13-26-15-17/h1-6,23-29H,7-16H2. The Hall–Kier alpha value is -2.16. The first kappa shape index (κ1) is 21.5. The summed E-state index contributed by atoms with van der Waals surface area (Å²) in [5.41, 5.74) is 2.95. The molecule has 1 aliphatic rings. The third-order valence-corrected chi connectivity index (χ3v) is 5.07. The summed E-state index contributed by atoms with van der Waals surface area (Å²) in [5.74, 6) is 0.431. The van der Waals surface area contributed by atoms with E-state index in [1.54, 1.807) is 0 Å². The minimum Gasteiger partial charge on any atom is -0.507 e. The van der Waals surface area contributed by atoms with Gasteiger partial charge in [0, 0.05) is 87.7 Å². The van der Waals surface area contributed by atoms with Crippen molar-refractivity contribution in [1.29, 1.82) is 0 Å². The molecule has 0 unspecified atom stereocenters. The average molecular weight is 400 g/mol. The Bertz CT molecular complexity index is 705. The Morgan fingerprint density at radius 3 is 1.21 bits per heavy atom. The minimum absolute atomic E-state index is 0.215. The average Bonchev–Trinajstić information content (AvgIpc) is 2.73. The minimum atomic E-state index is 0.215. The summed E-state index contributed by atoms with van der Waals surface area (Å²) in [4.78, 5) is 0. The normalized spacial score (nSPS) is 17.9. The first-order valence-electron chi connectivity index (χ1n) is 10.4. The van der Waals surface area contributed by atoms with Gasteiger partial charge in [0.25, 0.3) is 0 Å². The van der Waals surface area contributed by atoms with E-state index >= 15 is 0 Å². The van der Waals surface area contributed by atoms with Crippen molar-refractivity contribution in [3.63, 3.8) is 0 Å². The predicted molar refractivity (Wildman–Crippen MR) is 117 cm³/mol. The summed E-state index contributed by atoms with van der Waals surface area (Å²) in [6.45, 7) is 8.27. The van der Waals surface area contributed by atoms with Crippen LogP contribution in [0.15, 0.2) is 36.4 Å². The SMILES string of the molecule is Oc1c2cccc1-c1cccc(c1O)CNCCNCCNCCNCCNC2. The van der Waals surface area contributed by atoms with Crippen LogP contribution in [0.1, 0.15) is 11.1 Å². The summed E-state index contributed by atoms with van der Waals surface area (Å²) < 4.78 is 0. The molecule has 2 aromatic rings. The van der Waals surface area contributed by atoms with Crippen molar-refractivity contribution in [2.24, 2.45) is 0 Å². The van der Waals surface area contributed by atoms with Crippen molar-refractivity contribution < 1.29 is 10.2 Å². The molecule has 0 aliphatic carbocycles. The van der Waals surface area contributed by atoms with Gasteiger partial charge in [-0.1, -0.05) is 36.4 Å². The van der Waals surface area contributed by atoms with Gasteiger partial charge < -0.3 is 36.8 Å². The maximum Gasteiger partial charge on any atom is 0.128 e. The molecule has 4 bridgehead atoms. The quantitative estimate of drug-likeness (QED) is 0.351. The molecule has 0 amide bonds. The third kappa shape index (κ3) is 6.42. The second-order valence-corrected chi connectivity index (χ2v) is 7.23. The topological polar surface area (TPSA) is 101 Å². The van der Waals surface area contributed by atoms with E-state index in [2.05, 4.69) is 26.6 Å². The monoisotopic (exact) mass is 399 g/mol. The second kappa shape index (κ2) is 11.7. The number of nitrogens with one attached hydrogen (secondary N) is 5. The maximum absolute atomic E-state index is 10.8. The van der Waals surface area contributed by atoms with Crippen molar-refractivity contribution in [1.82, 2.24) is 26.6 Å². The molecular weight excluding hydrogens is 366 g/mol. The number of aromatic hydroxyl groups is 2. The summed E-state index contributed by atoms with van der Waals surface area (Å²) in [7, 11) is 0. The van der Waals surface area contributed by atoms with Crippen LogP contribution in [0.5, 0.6) is 11.5 Å². The molecule has 7 N–H and O–H groups in total. The highest BCUT2D eigenvalue weighted by Crippen LogP contribution is 2.38. The Morgan fingerprint density at radius 1 is 0.483 bits per heavy atom. The zero-order valence-corrected chi connectivity index (χ0v) is 16.9. The highest BCUT2D eigenvalue weighted by atomic mass is 16.3. The summed E-state index contributed by atoms with van der Waals surface area (Å²) in [6, 6.07) is 11.4. The zero-order valence-electron chi connectivity index (χ0n) is 16.9. The van der Waals surface area contributed by atoms with E-state index in [4.69, 9.17) is 0 Å². The van der Waals surface area contributed by atoms with Crippen molar-refractivity contribution in [3.8, 4) is 22.6 Å². The lowest BCUT2D eigenvalue weighted by Gasteiger charge is -2.14. The van der Waals surface area contributed by atoms with Crippen LogP contribution in [0.3, 0.4) is 0 Å². The number of hydrogen-bond acceptors (Lipinski definition) is 7. The van der Waals surface area contributed by atoms with Gasteiger partial charge in [-0.25, -0.2) is 0 Å². The van der Waals surface area contributed by atoms with Gasteiger partial charge in [-0.2, -0.15) is 0 Å². The van der Waals surface area contributed by atoms with Gasteiger partial charge in [0.2, 0.25) is 0 Å². The van der Waals surface area contributed by atoms with E-state index in [1.165, 1.54) is 0 Å². The summed E-state index contributed by atoms with van der Waals surface area (Å²) in [5, 5.41) is 38.5. The van der Waals surface area contributed by atoms with Gasteiger partial charge in [-0.3, -0.25) is 0 Å². The Kier molecular flexibility index (Phi) is 8.73.